The number of benzene rings is 1. The summed E-state index contributed by atoms with van der Waals surface area (Å²) in [7, 11) is 0. The molecule has 1 heterocycles. The van der Waals surface area contributed by atoms with E-state index < -0.39 is 0 Å². The monoisotopic (exact) mass is 322 g/mol. The first kappa shape index (κ1) is 16.7. The number of nitrogens with zero attached hydrogens (tertiary/aromatic N) is 1. The van der Waals surface area contributed by atoms with Gasteiger partial charge in [-0.25, -0.2) is 0 Å². The highest BCUT2D eigenvalue weighted by molar-refractivity contribution is 5.76. The molecule has 1 N–H and O–H groups in total. The molecule has 0 spiro atoms. The number of amides is 1. The van der Waals surface area contributed by atoms with E-state index in [9.17, 15) is 4.79 Å². The molecule has 126 valence electrons. The largest absolute Gasteiger partial charge is 0.349 e. The molecule has 0 saturated heterocycles. The summed E-state index contributed by atoms with van der Waals surface area (Å²) >= 11 is 0. The van der Waals surface area contributed by atoms with E-state index in [0.717, 1.165) is 24.8 Å². The van der Waals surface area contributed by atoms with Crippen LogP contribution in [0, 0.1) is 11.8 Å². The molecule has 2 unspecified atom stereocenters. The summed E-state index contributed by atoms with van der Waals surface area (Å²) in [5, 5.41) is 3.32. The first-order valence-corrected chi connectivity index (χ1v) is 8.91. The van der Waals surface area contributed by atoms with Gasteiger partial charge >= 0.3 is 0 Å². The van der Waals surface area contributed by atoms with Gasteiger partial charge in [0.05, 0.1) is 6.04 Å². The van der Waals surface area contributed by atoms with Crippen molar-refractivity contribution in [3.05, 3.63) is 65.5 Å². The molecule has 1 aromatic carbocycles. The van der Waals surface area contributed by atoms with Gasteiger partial charge in [-0.1, -0.05) is 44.2 Å². The summed E-state index contributed by atoms with van der Waals surface area (Å²) in [5.41, 5.74) is 3.79. The number of hydrogen-bond acceptors (Lipinski definition) is 2. The standard InChI is InChI=1S/C21H26N2O/c1-15(2)18-11-10-17-7-3-4-8-19(17)21(18)23-20(24)12-9-16-6-5-13-22-14-16/h3-8,13-15,18,21H,9-12H2,1-2H3,(H,23,24). The Hall–Kier alpha value is -2.16. The van der Waals surface area contributed by atoms with Crippen molar-refractivity contribution in [2.45, 2.75) is 45.6 Å². The number of rotatable bonds is 5. The van der Waals surface area contributed by atoms with Crippen LogP contribution in [0.15, 0.2) is 48.8 Å². The van der Waals surface area contributed by atoms with Gasteiger partial charge < -0.3 is 5.32 Å². The van der Waals surface area contributed by atoms with Gasteiger partial charge in [0.25, 0.3) is 0 Å². The van der Waals surface area contributed by atoms with Gasteiger partial charge in [0.1, 0.15) is 0 Å². The van der Waals surface area contributed by atoms with Gasteiger partial charge in [0.2, 0.25) is 5.91 Å². The summed E-state index contributed by atoms with van der Waals surface area (Å²) in [5.74, 6) is 1.19. The maximum Gasteiger partial charge on any atom is 0.220 e. The van der Waals surface area contributed by atoms with Crippen molar-refractivity contribution < 1.29 is 4.79 Å². The third-order valence-corrected chi connectivity index (χ3v) is 5.10. The van der Waals surface area contributed by atoms with Crippen LogP contribution in [0.4, 0.5) is 0 Å². The highest BCUT2D eigenvalue weighted by Crippen LogP contribution is 2.38. The molecule has 3 nitrogen and oxygen atoms in total. The normalized spacial score (nSPS) is 19.8. The van der Waals surface area contributed by atoms with Crippen LogP contribution in [-0.2, 0) is 17.6 Å². The Morgan fingerprint density at radius 1 is 1.25 bits per heavy atom. The quantitative estimate of drug-likeness (QED) is 0.901. The number of carbonyl (C=O) groups is 1. The van der Waals surface area contributed by atoms with E-state index in [0.29, 0.717) is 18.3 Å². The molecule has 1 amide bonds. The van der Waals surface area contributed by atoms with Gasteiger partial charge in [-0.3, -0.25) is 9.78 Å². The predicted molar refractivity (Wildman–Crippen MR) is 96.5 cm³/mol. The Bertz CT molecular complexity index is 681. The van der Waals surface area contributed by atoms with Crippen molar-refractivity contribution >= 4 is 5.91 Å². The van der Waals surface area contributed by atoms with E-state index in [1.807, 2.05) is 18.3 Å². The summed E-state index contributed by atoms with van der Waals surface area (Å²) in [6, 6.07) is 12.6. The number of nitrogens with one attached hydrogen (secondary N) is 1. The number of carbonyl (C=O) groups excluding carboxylic acids is 1. The van der Waals surface area contributed by atoms with Crippen molar-refractivity contribution in [3.63, 3.8) is 0 Å². The second-order valence-corrected chi connectivity index (χ2v) is 7.05. The molecule has 1 aromatic heterocycles. The minimum atomic E-state index is 0.131. The second kappa shape index (κ2) is 7.61. The first-order chi connectivity index (χ1) is 11.6. The summed E-state index contributed by atoms with van der Waals surface area (Å²) in [6.45, 7) is 4.51. The van der Waals surface area contributed by atoms with Crippen LogP contribution < -0.4 is 5.32 Å². The molecule has 2 atom stereocenters. The first-order valence-electron chi connectivity index (χ1n) is 8.91. The average Bonchev–Trinajstić information content (AvgIpc) is 2.61. The smallest absolute Gasteiger partial charge is 0.220 e. The SMILES string of the molecule is CC(C)C1CCc2ccccc2C1NC(=O)CCc1cccnc1. The molecule has 0 saturated carbocycles. The molecule has 0 radical (unpaired) electrons. The van der Waals surface area contributed by atoms with Crippen LogP contribution in [0.1, 0.15) is 49.4 Å². The maximum absolute atomic E-state index is 12.5. The highest BCUT2D eigenvalue weighted by Gasteiger charge is 2.32. The van der Waals surface area contributed by atoms with E-state index in [2.05, 4.69) is 48.4 Å². The fourth-order valence-corrected chi connectivity index (χ4v) is 3.74. The molecular weight excluding hydrogens is 296 g/mol. The Labute approximate surface area is 144 Å². The van der Waals surface area contributed by atoms with E-state index in [-0.39, 0.29) is 11.9 Å². The number of aromatic nitrogens is 1. The number of hydrogen-bond donors (Lipinski definition) is 1. The van der Waals surface area contributed by atoms with Crippen molar-refractivity contribution in [2.24, 2.45) is 11.8 Å². The van der Waals surface area contributed by atoms with Crippen LogP contribution in [0.25, 0.3) is 0 Å². The van der Waals surface area contributed by atoms with Crippen molar-refractivity contribution in [2.75, 3.05) is 0 Å². The van der Waals surface area contributed by atoms with Gasteiger partial charge in [-0.2, -0.15) is 0 Å². The Morgan fingerprint density at radius 3 is 2.83 bits per heavy atom. The molecule has 1 aliphatic rings. The predicted octanol–water partition coefficient (Wildman–Crippen LogP) is 4.09. The van der Waals surface area contributed by atoms with Gasteiger partial charge in [-0.05, 0) is 53.9 Å². The van der Waals surface area contributed by atoms with E-state index in [1.165, 1.54) is 11.1 Å². The molecule has 0 bridgehead atoms. The van der Waals surface area contributed by atoms with E-state index >= 15 is 0 Å². The van der Waals surface area contributed by atoms with Crippen LogP contribution in [0.3, 0.4) is 0 Å². The lowest BCUT2D eigenvalue weighted by Crippen LogP contribution is -2.38. The number of pyridine rings is 1. The summed E-state index contributed by atoms with van der Waals surface area (Å²) in [6.07, 6.45) is 7.09. The minimum Gasteiger partial charge on any atom is -0.349 e. The second-order valence-electron chi connectivity index (χ2n) is 7.05. The number of fused-ring (bicyclic) bond motifs is 1. The molecule has 3 rings (SSSR count). The summed E-state index contributed by atoms with van der Waals surface area (Å²) in [4.78, 5) is 16.6. The number of aryl methyl sites for hydroxylation is 2. The van der Waals surface area contributed by atoms with Crippen molar-refractivity contribution in [1.29, 1.82) is 0 Å². The van der Waals surface area contributed by atoms with E-state index in [4.69, 9.17) is 0 Å². The van der Waals surface area contributed by atoms with Crippen LogP contribution in [-0.4, -0.2) is 10.9 Å². The Morgan fingerprint density at radius 2 is 2.08 bits per heavy atom. The Kier molecular flexibility index (Phi) is 5.29. The topological polar surface area (TPSA) is 42.0 Å². The Balaban J connectivity index is 1.70. The maximum atomic E-state index is 12.5. The van der Waals surface area contributed by atoms with Crippen LogP contribution in [0.5, 0.6) is 0 Å². The third kappa shape index (κ3) is 3.84. The van der Waals surface area contributed by atoms with Crippen LogP contribution in [0.2, 0.25) is 0 Å². The molecule has 0 fully saturated rings. The fourth-order valence-electron chi connectivity index (χ4n) is 3.74. The molecule has 0 aliphatic heterocycles. The lowest BCUT2D eigenvalue weighted by Gasteiger charge is -2.36. The van der Waals surface area contributed by atoms with Gasteiger partial charge in [0, 0.05) is 18.8 Å². The molecule has 1 aliphatic carbocycles. The lowest BCUT2D eigenvalue weighted by atomic mass is 9.74. The van der Waals surface area contributed by atoms with Crippen molar-refractivity contribution in [3.8, 4) is 0 Å². The zero-order valence-electron chi connectivity index (χ0n) is 14.5. The molecule has 3 heteroatoms. The van der Waals surface area contributed by atoms with Crippen LogP contribution >= 0.6 is 0 Å². The molecular formula is C21H26N2O. The average molecular weight is 322 g/mol. The molecule has 24 heavy (non-hydrogen) atoms. The summed E-state index contributed by atoms with van der Waals surface area (Å²) < 4.78 is 0. The zero-order valence-corrected chi connectivity index (χ0v) is 14.5. The van der Waals surface area contributed by atoms with E-state index in [1.54, 1.807) is 6.20 Å². The van der Waals surface area contributed by atoms with Gasteiger partial charge in [-0.15, -0.1) is 0 Å². The molecule has 2 aromatic rings. The third-order valence-electron chi connectivity index (χ3n) is 5.10. The zero-order chi connectivity index (χ0) is 16.9. The highest BCUT2D eigenvalue weighted by atomic mass is 16.1. The van der Waals surface area contributed by atoms with Gasteiger partial charge in [0.15, 0.2) is 0 Å². The lowest BCUT2D eigenvalue weighted by molar-refractivity contribution is -0.122. The minimum absolute atomic E-state index is 0.131. The fraction of sp³-hybridized carbons (Fsp3) is 0.429. The van der Waals surface area contributed by atoms with Crippen molar-refractivity contribution in [1.82, 2.24) is 10.3 Å².